The molecule has 0 fully saturated rings. The second-order valence-electron chi connectivity index (χ2n) is 6.96. The zero-order chi connectivity index (χ0) is 22.9. The number of nitrogens with one attached hydrogen (secondary N) is 1. The molecule has 3 rings (SSSR count). The summed E-state index contributed by atoms with van der Waals surface area (Å²) in [5, 5.41) is 7.19. The lowest BCUT2D eigenvalue weighted by Crippen LogP contribution is -2.39. The molecular weight excluding hydrogens is 410 g/mol. The van der Waals surface area contributed by atoms with Gasteiger partial charge in [-0.05, 0) is 68.4 Å². The molecule has 2 aromatic carbocycles. The standard InChI is InChI=1S/C24H27N3O5/c1-4-31-20-7-5-18(6-8-20)22-13-14-23(28)27(26-22)16-15-25-24(29)17(2)32-21-11-9-19(30-3)10-12-21/h5-14,17H,4,15-16H2,1-3H3,(H,25,29). The Bertz CT molecular complexity index is 1080. The van der Waals surface area contributed by atoms with Gasteiger partial charge in [0.2, 0.25) is 0 Å². The number of rotatable bonds is 10. The van der Waals surface area contributed by atoms with Crippen LogP contribution in [0.15, 0.2) is 65.5 Å². The number of hydrogen-bond acceptors (Lipinski definition) is 6. The van der Waals surface area contributed by atoms with Crippen LogP contribution in [0.4, 0.5) is 0 Å². The lowest BCUT2D eigenvalue weighted by molar-refractivity contribution is -0.127. The Kier molecular flexibility index (Phi) is 7.85. The molecule has 1 atom stereocenters. The zero-order valence-electron chi connectivity index (χ0n) is 18.4. The first-order valence-electron chi connectivity index (χ1n) is 10.4. The fourth-order valence-corrected chi connectivity index (χ4v) is 2.99. The summed E-state index contributed by atoms with van der Waals surface area (Å²) in [6.45, 7) is 4.67. The normalized spacial score (nSPS) is 11.5. The fraction of sp³-hybridized carbons (Fsp3) is 0.292. The number of carbonyl (C=O) groups excluding carboxylic acids is 1. The average molecular weight is 437 g/mol. The molecule has 0 aliphatic heterocycles. The number of aromatic nitrogens is 2. The highest BCUT2D eigenvalue weighted by atomic mass is 16.5. The molecule has 0 spiro atoms. The molecule has 32 heavy (non-hydrogen) atoms. The van der Waals surface area contributed by atoms with Crippen molar-refractivity contribution in [2.24, 2.45) is 0 Å². The third-order valence-electron chi connectivity index (χ3n) is 4.69. The first kappa shape index (κ1) is 22.9. The van der Waals surface area contributed by atoms with Gasteiger partial charge in [0.25, 0.3) is 11.5 Å². The summed E-state index contributed by atoms with van der Waals surface area (Å²) in [6.07, 6.45) is -0.691. The largest absolute Gasteiger partial charge is 0.497 e. The maximum Gasteiger partial charge on any atom is 0.266 e. The van der Waals surface area contributed by atoms with Gasteiger partial charge in [0.05, 0.1) is 26.0 Å². The van der Waals surface area contributed by atoms with E-state index in [1.165, 1.54) is 10.7 Å². The lowest BCUT2D eigenvalue weighted by atomic mass is 10.1. The molecule has 1 N–H and O–H groups in total. The van der Waals surface area contributed by atoms with Crippen molar-refractivity contribution in [1.82, 2.24) is 15.1 Å². The van der Waals surface area contributed by atoms with E-state index >= 15 is 0 Å². The Balaban J connectivity index is 1.56. The maximum absolute atomic E-state index is 12.3. The first-order chi connectivity index (χ1) is 15.5. The van der Waals surface area contributed by atoms with E-state index in [-0.39, 0.29) is 24.6 Å². The van der Waals surface area contributed by atoms with Crippen LogP contribution < -0.4 is 25.1 Å². The van der Waals surface area contributed by atoms with Crippen molar-refractivity contribution in [3.8, 4) is 28.5 Å². The topological polar surface area (TPSA) is 91.7 Å². The van der Waals surface area contributed by atoms with Crippen LogP contribution in [0, 0.1) is 0 Å². The van der Waals surface area contributed by atoms with Gasteiger partial charge >= 0.3 is 0 Å². The van der Waals surface area contributed by atoms with E-state index in [2.05, 4.69) is 10.4 Å². The highest BCUT2D eigenvalue weighted by molar-refractivity contribution is 5.80. The minimum Gasteiger partial charge on any atom is -0.497 e. The van der Waals surface area contributed by atoms with E-state index in [0.717, 1.165) is 11.3 Å². The average Bonchev–Trinajstić information content (AvgIpc) is 2.81. The molecule has 0 saturated heterocycles. The summed E-state index contributed by atoms with van der Waals surface area (Å²) in [4.78, 5) is 24.5. The van der Waals surface area contributed by atoms with Gasteiger partial charge in [0, 0.05) is 18.2 Å². The number of nitrogens with zero attached hydrogens (tertiary/aromatic N) is 2. The number of benzene rings is 2. The summed E-state index contributed by atoms with van der Waals surface area (Å²) in [7, 11) is 1.58. The molecular formula is C24H27N3O5. The van der Waals surface area contributed by atoms with Gasteiger partial charge in [-0.15, -0.1) is 0 Å². The molecule has 0 saturated carbocycles. The summed E-state index contributed by atoms with van der Waals surface area (Å²) >= 11 is 0. The van der Waals surface area contributed by atoms with Crippen LogP contribution in [0.2, 0.25) is 0 Å². The molecule has 1 heterocycles. The minimum absolute atomic E-state index is 0.239. The van der Waals surface area contributed by atoms with Crippen LogP contribution in [-0.4, -0.2) is 42.1 Å². The third kappa shape index (κ3) is 6.10. The van der Waals surface area contributed by atoms with Gasteiger partial charge in [-0.1, -0.05) is 0 Å². The van der Waals surface area contributed by atoms with Crippen molar-refractivity contribution in [3.05, 3.63) is 71.0 Å². The second kappa shape index (κ2) is 11.0. The summed E-state index contributed by atoms with van der Waals surface area (Å²) in [6, 6.07) is 17.6. The van der Waals surface area contributed by atoms with E-state index in [1.807, 2.05) is 31.2 Å². The molecule has 1 unspecified atom stereocenters. The Hall–Kier alpha value is -3.81. The van der Waals surface area contributed by atoms with Crippen LogP contribution in [0.1, 0.15) is 13.8 Å². The predicted molar refractivity (Wildman–Crippen MR) is 121 cm³/mol. The SMILES string of the molecule is CCOc1ccc(-c2ccc(=O)n(CCNC(=O)C(C)Oc3ccc(OC)cc3)n2)cc1. The highest BCUT2D eigenvalue weighted by Crippen LogP contribution is 2.20. The van der Waals surface area contributed by atoms with Crippen molar-refractivity contribution in [2.45, 2.75) is 26.5 Å². The van der Waals surface area contributed by atoms with Gasteiger partial charge in [0.15, 0.2) is 6.10 Å². The first-order valence-corrected chi connectivity index (χ1v) is 10.4. The summed E-state index contributed by atoms with van der Waals surface area (Å²) in [5.41, 5.74) is 1.29. The molecule has 0 radical (unpaired) electrons. The van der Waals surface area contributed by atoms with Crippen LogP contribution in [0.5, 0.6) is 17.2 Å². The van der Waals surface area contributed by atoms with Gasteiger partial charge in [-0.3, -0.25) is 9.59 Å². The van der Waals surface area contributed by atoms with Crippen LogP contribution in [-0.2, 0) is 11.3 Å². The smallest absolute Gasteiger partial charge is 0.266 e. The molecule has 168 valence electrons. The van der Waals surface area contributed by atoms with Crippen LogP contribution >= 0.6 is 0 Å². The van der Waals surface area contributed by atoms with Crippen LogP contribution in [0.3, 0.4) is 0 Å². The van der Waals surface area contributed by atoms with Gasteiger partial charge in [-0.2, -0.15) is 5.10 Å². The minimum atomic E-state index is -0.691. The molecule has 3 aromatic rings. The number of carbonyl (C=O) groups is 1. The molecule has 1 aromatic heterocycles. The van der Waals surface area contributed by atoms with Crippen LogP contribution in [0.25, 0.3) is 11.3 Å². The van der Waals surface area contributed by atoms with E-state index in [4.69, 9.17) is 14.2 Å². The van der Waals surface area contributed by atoms with E-state index in [0.29, 0.717) is 23.8 Å². The molecule has 0 aliphatic carbocycles. The molecule has 1 amide bonds. The Morgan fingerprint density at radius 2 is 1.66 bits per heavy atom. The van der Waals surface area contributed by atoms with Gasteiger partial charge in [-0.25, -0.2) is 4.68 Å². The lowest BCUT2D eigenvalue weighted by Gasteiger charge is -2.15. The zero-order valence-corrected chi connectivity index (χ0v) is 18.4. The summed E-state index contributed by atoms with van der Waals surface area (Å²) in [5.74, 6) is 1.77. The number of hydrogen-bond donors (Lipinski definition) is 1. The monoisotopic (exact) mass is 437 g/mol. The van der Waals surface area contributed by atoms with Gasteiger partial charge in [0.1, 0.15) is 17.2 Å². The van der Waals surface area contributed by atoms with Crippen molar-refractivity contribution >= 4 is 5.91 Å². The molecule has 8 nitrogen and oxygen atoms in total. The Labute approximate surface area is 186 Å². The molecule has 0 aliphatic rings. The fourth-order valence-electron chi connectivity index (χ4n) is 2.99. The van der Waals surface area contributed by atoms with Crippen molar-refractivity contribution in [2.75, 3.05) is 20.3 Å². The van der Waals surface area contributed by atoms with Crippen molar-refractivity contribution in [3.63, 3.8) is 0 Å². The Morgan fingerprint density at radius 3 is 2.31 bits per heavy atom. The van der Waals surface area contributed by atoms with E-state index < -0.39 is 6.10 Å². The van der Waals surface area contributed by atoms with E-state index in [9.17, 15) is 9.59 Å². The maximum atomic E-state index is 12.3. The summed E-state index contributed by atoms with van der Waals surface area (Å²) < 4.78 is 17.5. The third-order valence-corrected chi connectivity index (χ3v) is 4.69. The van der Waals surface area contributed by atoms with Crippen molar-refractivity contribution < 1.29 is 19.0 Å². The number of methoxy groups -OCH3 is 1. The number of amides is 1. The number of ether oxygens (including phenoxy) is 3. The Morgan fingerprint density at radius 1 is 1.00 bits per heavy atom. The molecule has 0 bridgehead atoms. The van der Waals surface area contributed by atoms with Crippen molar-refractivity contribution in [1.29, 1.82) is 0 Å². The predicted octanol–water partition coefficient (Wildman–Crippen LogP) is 2.90. The van der Waals surface area contributed by atoms with Gasteiger partial charge < -0.3 is 19.5 Å². The highest BCUT2D eigenvalue weighted by Gasteiger charge is 2.14. The van der Waals surface area contributed by atoms with E-state index in [1.54, 1.807) is 44.4 Å². The molecule has 8 heteroatoms. The quantitative estimate of drug-likeness (QED) is 0.524. The second-order valence-corrected chi connectivity index (χ2v) is 6.96.